The van der Waals surface area contributed by atoms with Crippen molar-refractivity contribution in [2.75, 3.05) is 5.32 Å². The van der Waals surface area contributed by atoms with Crippen LogP contribution in [0.4, 0.5) is 5.69 Å². The van der Waals surface area contributed by atoms with Crippen molar-refractivity contribution in [1.29, 1.82) is 5.41 Å². The molecule has 0 amide bonds. The van der Waals surface area contributed by atoms with Gasteiger partial charge in [0.1, 0.15) is 0 Å². The van der Waals surface area contributed by atoms with Crippen LogP contribution < -0.4 is 11.1 Å². The highest BCUT2D eigenvalue weighted by atomic mass is 79.9. The Morgan fingerprint density at radius 1 is 1.58 bits per heavy atom. The Bertz CT molecular complexity index is 293. The van der Waals surface area contributed by atoms with E-state index >= 15 is 0 Å². The minimum atomic E-state index is -0.135. The van der Waals surface area contributed by atoms with Gasteiger partial charge in [0.05, 0.1) is 10.7 Å². The standard InChI is InChI=1S/C7H7BrClN3/c8-4-2-1-3-5(9)6(4)12-7(10)11/h1-3H,(H4,10,11,12). The van der Waals surface area contributed by atoms with E-state index in [4.69, 9.17) is 22.7 Å². The molecule has 0 aliphatic carbocycles. The lowest BCUT2D eigenvalue weighted by Gasteiger charge is -2.07. The summed E-state index contributed by atoms with van der Waals surface area (Å²) < 4.78 is 0.783. The van der Waals surface area contributed by atoms with E-state index in [1.165, 1.54) is 0 Å². The fourth-order valence-corrected chi connectivity index (χ4v) is 1.55. The van der Waals surface area contributed by atoms with E-state index in [-0.39, 0.29) is 5.96 Å². The number of halogens is 2. The summed E-state index contributed by atoms with van der Waals surface area (Å²) >= 11 is 9.11. The number of nitrogens with two attached hydrogens (primary N) is 1. The number of anilines is 1. The highest BCUT2D eigenvalue weighted by Gasteiger charge is 2.03. The molecule has 0 aliphatic heterocycles. The van der Waals surface area contributed by atoms with Gasteiger partial charge in [-0.2, -0.15) is 0 Å². The van der Waals surface area contributed by atoms with Gasteiger partial charge in [0.2, 0.25) is 0 Å². The molecule has 64 valence electrons. The summed E-state index contributed by atoms with van der Waals surface area (Å²) in [7, 11) is 0. The van der Waals surface area contributed by atoms with Gasteiger partial charge in [-0.15, -0.1) is 0 Å². The van der Waals surface area contributed by atoms with Gasteiger partial charge in [-0.1, -0.05) is 17.7 Å². The lowest BCUT2D eigenvalue weighted by Crippen LogP contribution is -2.20. The molecule has 0 aromatic heterocycles. The van der Waals surface area contributed by atoms with Crippen LogP contribution in [0.1, 0.15) is 0 Å². The number of hydrogen-bond donors (Lipinski definition) is 3. The quantitative estimate of drug-likeness (QED) is 0.528. The second kappa shape index (κ2) is 3.78. The molecule has 0 radical (unpaired) electrons. The summed E-state index contributed by atoms with van der Waals surface area (Å²) in [6.07, 6.45) is 0. The molecule has 0 bridgehead atoms. The van der Waals surface area contributed by atoms with Crippen molar-refractivity contribution in [1.82, 2.24) is 0 Å². The second-order valence-electron chi connectivity index (χ2n) is 2.14. The molecule has 4 N–H and O–H groups in total. The van der Waals surface area contributed by atoms with E-state index in [1.54, 1.807) is 12.1 Å². The SMILES string of the molecule is N=C(N)Nc1c(Cl)cccc1Br. The Morgan fingerprint density at radius 3 is 2.75 bits per heavy atom. The molecule has 0 aliphatic rings. The van der Waals surface area contributed by atoms with E-state index in [2.05, 4.69) is 21.2 Å². The average Bonchev–Trinajstić information content (AvgIpc) is 1.97. The maximum atomic E-state index is 7.01. The molecule has 0 atom stereocenters. The smallest absolute Gasteiger partial charge is 0.190 e. The zero-order chi connectivity index (χ0) is 9.14. The summed E-state index contributed by atoms with van der Waals surface area (Å²) in [6.45, 7) is 0. The van der Waals surface area contributed by atoms with Crippen LogP contribution in [0.15, 0.2) is 22.7 Å². The van der Waals surface area contributed by atoms with Crippen LogP contribution in [-0.2, 0) is 0 Å². The maximum Gasteiger partial charge on any atom is 0.190 e. The number of guanidine groups is 1. The van der Waals surface area contributed by atoms with Crippen molar-refractivity contribution >= 4 is 39.2 Å². The van der Waals surface area contributed by atoms with Gasteiger partial charge in [-0.05, 0) is 28.1 Å². The number of rotatable bonds is 1. The van der Waals surface area contributed by atoms with Crippen LogP contribution >= 0.6 is 27.5 Å². The van der Waals surface area contributed by atoms with Crippen molar-refractivity contribution < 1.29 is 0 Å². The first-order valence-electron chi connectivity index (χ1n) is 3.16. The van der Waals surface area contributed by atoms with E-state index < -0.39 is 0 Å². The molecule has 0 saturated heterocycles. The molecular formula is C7H7BrClN3. The van der Waals surface area contributed by atoms with E-state index in [0.29, 0.717) is 10.7 Å². The van der Waals surface area contributed by atoms with Gasteiger partial charge in [-0.3, -0.25) is 5.41 Å². The van der Waals surface area contributed by atoms with Crippen LogP contribution in [0.3, 0.4) is 0 Å². The Kier molecular flexibility index (Phi) is 2.94. The highest BCUT2D eigenvalue weighted by Crippen LogP contribution is 2.29. The second-order valence-corrected chi connectivity index (χ2v) is 3.40. The van der Waals surface area contributed by atoms with Gasteiger partial charge in [0, 0.05) is 4.47 Å². The lowest BCUT2D eigenvalue weighted by atomic mass is 10.3. The first kappa shape index (κ1) is 9.35. The summed E-state index contributed by atoms with van der Waals surface area (Å²) in [5.41, 5.74) is 5.77. The van der Waals surface area contributed by atoms with Crippen molar-refractivity contribution in [2.24, 2.45) is 5.73 Å². The first-order valence-corrected chi connectivity index (χ1v) is 4.33. The number of para-hydroxylation sites is 1. The Hall–Kier alpha value is -0.740. The average molecular weight is 249 g/mol. The molecule has 1 aromatic carbocycles. The molecule has 1 rings (SSSR count). The molecule has 3 nitrogen and oxygen atoms in total. The van der Waals surface area contributed by atoms with Crippen molar-refractivity contribution in [2.45, 2.75) is 0 Å². The molecule has 0 heterocycles. The van der Waals surface area contributed by atoms with Crippen LogP contribution in [-0.4, -0.2) is 5.96 Å². The summed E-state index contributed by atoms with van der Waals surface area (Å²) in [6, 6.07) is 5.34. The van der Waals surface area contributed by atoms with Gasteiger partial charge in [-0.25, -0.2) is 0 Å². The predicted molar refractivity (Wildman–Crippen MR) is 54.7 cm³/mol. The zero-order valence-electron chi connectivity index (χ0n) is 6.07. The van der Waals surface area contributed by atoms with E-state index in [1.807, 2.05) is 6.07 Å². The minimum Gasteiger partial charge on any atom is -0.370 e. The van der Waals surface area contributed by atoms with Gasteiger partial charge < -0.3 is 11.1 Å². The summed E-state index contributed by atoms with van der Waals surface area (Å²) in [4.78, 5) is 0. The fraction of sp³-hybridized carbons (Fsp3) is 0. The number of nitrogens with one attached hydrogen (secondary N) is 2. The van der Waals surface area contributed by atoms with Crippen LogP contribution in [0.5, 0.6) is 0 Å². The maximum absolute atomic E-state index is 7.01. The third-order valence-electron chi connectivity index (χ3n) is 1.22. The monoisotopic (exact) mass is 247 g/mol. The first-order chi connectivity index (χ1) is 5.61. The molecular weight excluding hydrogens is 241 g/mol. The molecule has 0 unspecified atom stereocenters. The van der Waals surface area contributed by atoms with E-state index in [9.17, 15) is 0 Å². The third kappa shape index (κ3) is 2.12. The van der Waals surface area contributed by atoms with Crippen LogP contribution in [0, 0.1) is 5.41 Å². The largest absolute Gasteiger partial charge is 0.370 e. The van der Waals surface area contributed by atoms with Crippen molar-refractivity contribution in [3.8, 4) is 0 Å². The number of hydrogen-bond acceptors (Lipinski definition) is 1. The molecule has 0 saturated carbocycles. The van der Waals surface area contributed by atoms with Crippen molar-refractivity contribution in [3.05, 3.63) is 27.7 Å². The topological polar surface area (TPSA) is 61.9 Å². The molecule has 0 spiro atoms. The van der Waals surface area contributed by atoms with Crippen molar-refractivity contribution in [3.63, 3.8) is 0 Å². The summed E-state index contributed by atoms with van der Waals surface area (Å²) in [5, 5.41) is 10.2. The van der Waals surface area contributed by atoms with Gasteiger partial charge in [0.25, 0.3) is 0 Å². The molecule has 12 heavy (non-hydrogen) atoms. The molecule has 0 fully saturated rings. The van der Waals surface area contributed by atoms with Crippen LogP contribution in [0.25, 0.3) is 0 Å². The lowest BCUT2D eigenvalue weighted by molar-refractivity contribution is 1.40. The van der Waals surface area contributed by atoms with Gasteiger partial charge in [0.15, 0.2) is 5.96 Å². The Balaban J connectivity index is 3.04. The van der Waals surface area contributed by atoms with E-state index in [0.717, 1.165) is 4.47 Å². The molecule has 5 heteroatoms. The zero-order valence-corrected chi connectivity index (χ0v) is 8.41. The molecule has 1 aromatic rings. The fourth-order valence-electron chi connectivity index (χ4n) is 0.752. The minimum absolute atomic E-state index is 0.135. The van der Waals surface area contributed by atoms with Gasteiger partial charge >= 0.3 is 0 Å². The highest BCUT2D eigenvalue weighted by molar-refractivity contribution is 9.10. The summed E-state index contributed by atoms with van der Waals surface area (Å²) in [5.74, 6) is -0.135. The van der Waals surface area contributed by atoms with Crippen LogP contribution in [0.2, 0.25) is 5.02 Å². The Labute approximate surface area is 83.5 Å². The normalized spacial score (nSPS) is 9.50. The third-order valence-corrected chi connectivity index (χ3v) is 2.20. The predicted octanol–water partition coefficient (Wildman–Crippen LogP) is 2.41. The number of benzene rings is 1. The Morgan fingerprint density at radius 2 is 2.25 bits per heavy atom.